The van der Waals surface area contributed by atoms with Gasteiger partial charge in [-0.05, 0) is 33.6 Å². The maximum absolute atomic E-state index is 11.9. The Morgan fingerprint density at radius 2 is 1.86 bits per heavy atom. The zero-order chi connectivity index (χ0) is 16.3. The summed E-state index contributed by atoms with van der Waals surface area (Å²) < 4.78 is 10.6. The van der Waals surface area contributed by atoms with E-state index in [1.165, 1.54) is 0 Å². The van der Waals surface area contributed by atoms with Crippen LogP contribution in [0.3, 0.4) is 0 Å². The molecule has 128 valence electrons. The van der Waals surface area contributed by atoms with Crippen molar-refractivity contribution in [1.29, 1.82) is 0 Å². The van der Waals surface area contributed by atoms with Gasteiger partial charge in [0.05, 0.1) is 37.5 Å². The van der Waals surface area contributed by atoms with E-state index in [0.717, 1.165) is 0 Å². The summed E-state index contributed by atoms with van der Waals surface area (Å²) in [6, 6.07) is -0.788. The third-order valence-corrected chi connectivity index (χ3v) is 4.10. The number of nitrogens with one attached hydrogen (secondary N) is 1. The van der Waals surface area contributed by atoms with Crippen LogP contribution in [-0.4, -0.2) is 77.4 Å². The number of aliphatic hydroxyl groups excluding tert-OH is 2. The topological polar surface area (TPSA) is 91.3 Å². The summed E-state index contributed by atoms with van der Waals surface area (Å²) in [5, 5.41) is 23.6. The van der Waals surface area contributed by atoms with E-state index in [0.29, 0.717) is 39.1 Å². The predicted molar refractivity (Wildman–Crippen MR) is 80.6 cm³/mol. The second-order valence-electron chi connectivity index (χ2n) is 7.03. The van der Waals surface area contributed by atoms with Crippen LogP contribution in [-0.2, 0) is 9.47 Å². The second kappa shape index (κ2) is 7.12. The summed E-state index contributed by atoms with van der Waals surface area (Å²) in [4.78, 5) is 13.9. The molecule has 7 heteroatoms. The van der Waals surface area contributed by atoms with E-state index in [2.05, 4.69) is 5.32 Å². The average Bonchev–Trinajstić information content (AvgIpc) is 2.41. The van der Waals surface area contributed by atoms with Gasteiger partial charge in [-0.1, -0.05) is 0 Å². The minimum Gasteiger partial charge on any atom is -0.444 e. The van der Waals surface area contributed by atoms with Gasteiger partial charge in [0, 0.05) is 13.1 Å². The highest BCUT2D eigenvalue weighted by molar-refractivity contribution is 5.68. The fourth-order valence-electron chi connectivity index (χ4n) is 3.11. The zero-order valence-electron chi connectivity index (χ0n) is 13.6. The average molecular weight is 316 g/mol. The predicted octanol–water partition coefficient (Wildman–Crippen LogP) is 0.0961. The molecular formula is C15H28N2O5. The fourth-order valence-corrected chi connectivity index (χ4v) is 3.11. The van der Waals surface area contributed by atoms with Crippen LogP contribution in [0.1, 0.15) is 33.6 Å². The molecule has 0 aromatic rings. The van der Waals surface area contributed by atoms with Gasteiger partial charge in [0.1, 0.15) is 5.60 Å². The summed E-state index contributed by atoms with van der Waals surface area (Å²) in [6.07, 6.45) is -0.880. The molecule has 1 saturated carbocycles. The third-order valence-electron chi connectivity index (χ3n) is 4.10. The van der Waals surface area contributed by atoms with Gasteiger partial charge in [-0.3, -0.25) is 4.90 Å². The molecule has 2 rings (SSSR count). The molecule has 1 saturated heterocycles. The van der Waals surface area contributed by atoms with Crippen molar-refractivity contribution in [3.8, 4) is 0 Å². The van der Waals surface area contributed by atoms with Crippen LogP contribution in [0.25, 0.3) is 0 Å². The van der Waals surface area contributed by atoms with Crippen molar-refractivity contribution in [3.05, 3.63) is 0 Å². The molecule has 1 aliphatic carbocycles. The highest BCUT2D eigenvalue weighted by Crippen LogP contribution is 2.25. The zero-order valence-corrected chi connectivity index (χ0v) is 13.6. The van der Waals surface area contributed by atoms with Crippen molar-refractivity contribution in [2.75, 3.05) is 26.3 Å². The van der Waals surface area contributed by atoms with Crippen LogP contribution in [0.4, 0.5) is 4.79 Å². The molecule has 1 aliphatic heterocycles. The Bertz CT molecular complexity index is 379. The molecule has 0 aromatic heterocycles. The molecule has 0 radical (unpaired) electrons. The molecule has 7 nitrogen and oxygen atoms in total. The lowest BCUT2D eigenvalue weighted by Gasteiger charge is -2.45. The quantitative estimate of drug-likeness (QED) is 0.669. The highest BCUT2D eigenvalue weighted by atomic mass is 16.6. The Balaban J connectivity index is 1.96. The van der Waals surface area contributed by atoms with Gasteiger partial charge in [0.25, 0.3) is 0 Å². The van der Waals surface area contributed by atoms with Gasteiger partial charge in [-0.15, -0.1) is 0 Å². The molecule has 0 spiro atoms. The number of carbonyl (C=O) groups excluding carboxylic acids is 1. The lowest BCUT2D eigenvalue weighted by atomic mass is 9.84. The first-order valence-electron chi connectivity index (χ1n) is 7.95. The number of nitrogens with zero attached hydrogens (tertiary/aromatic N) is 1. The van der Waals surface area contributed by atoms with Crippen LogP contribution in [0.2, 0.25) is 0 Å². The monoisotopic (exact) mass is 316 g/mol. The summed E-state index contributed by atoms with van der Waals surface area (Å²) in [5.41, 5.74) is -0.577. The number of hydrogen-bond acceptors (Lipinski definition) is 6. The van der Waals surface area contributed by atoms with E-state index in [1.54, 1.807) is 20.8 Å². The van der Waals surface area contributed by atoms with Crippen molar-refractivity contribution >= 4 is 6.09 Å². The Morgan fingerprint density at radius 3 is 2.45 bits per heavy atom. The van der Waals surface area contributed by atoms with Crippen molar-refractivity contribution in [2.24, 2.45) is 0 Å². The van der Waals surface area contributed by atoms with E-state index in [-0.39, 0.29) is 6.04 Å². The van der Waals surface area contributed by atoms with Gasteiger partial charge >= 0.3 is 6.09 Å². The molecular weight excluding hydrogens is 288 g/mol. The van der Waals surface area contributed by atoms with Crippen LogP contribution >= 0.6 is 0 Å². The number of ether oxygens (including phenoxy) is 2. The highest BCUT2D eigenvalue weighted by Gasteiger charge is 2.42. The van der Waals surface area contributed by atoms with E-state index < -0.39 is 29.9 Å². The number of alkyl carbamates (subject to hydrolysis) is 1. The van der Waals surface area contributed by atoms with Gasteiger partial charge in [-0.2, -0.15) is 0 Å². The number of amides is 1. The van der Waals surface area contributed by atoms with Crippen LogP contribution in [0.5, 0.6) is 0 Å². The summed E-state index contributed by atoms with van der Waals surface area (Å²) >= 11 is 0. The minimum atomic E-state index is -0.825. The molecule has 22 heavy (non-hydrogen) atoms. The maximum atomic E-state index is 11.9. The number of carbonyl (C=O) groups is 1. The van der Waals surface area contributed by atoms with Crippen molar-refractivity contribution in [1.82, 2.24) is 10.2 Å². The maximum Gasteiger partial charge on any atom is 0.407 e. The van der Waals surface area contributed by atoms with Crippen LogP contribution in [0, 0.1) is 0 Å². The first-order chi connectivity index (χ1) is 10.3. The molecule has 1 amide bonds. The normalized spacial score (nSPS) is 34.2. The van der Waals surface area contributed by atoms with Gasteiger partial charge in [0.2, 0.25) is 0 Å². The summed E-state index contributed by atoms with van der Waals surface area (Å²) in [5.74, 6) is 0. The Labute approximate surface area is 131 Å². The number of aliphatic hydroxyl groups is 2. The first kappa shape index (κ1) is 17.5. The van der Waals surface area contributed by atoms with E-state index in [1.807, 2.05) is 4.90 Å². The van der Waals surface area contributed by atoms with Crippen LogP contribution < -0.4 is 5.32 Å². The van der Waals surface area contributed by atoms with Crippen molar-refractivity contribution < 1.29 is 24.5 Å². The Hall–Kier alpha value is -0.890. The first-order valence-corrected chi connectivity index (χ1v) is 7.95. The largest absolute Gasteiger partial charge is 0.444 e. The fraction of sp³-hybridized carbons (Fsp3) is 0.933. The van der Waals surface area contributed by atoms with Crippen molar-refractivity contribution in [2.45, 2.75) is 63.5 Å². The molecule has 2 fully saturated rings. The molecule has 3 N–H and O–H groups in total. The smallest absolute Gasteiger partial charge is 0.407 e. The molecule has 2 aliphatic rings. The molecule has 0 unspecified atom stereocenters. The van der Waals surface area contributed by atoms with Gasteiger partial charge in [-0.25, -0.2) is 4.79 Å². The molecule has 1 heterocycles. The lowest BCUT2D eigenvalue weighted by Crippen LogP contribution is -2.63. The van der Waals surface area contributed by atoms with Gasteiger partial charge < -0.3 is 25.0 Å². The second-order valence-corrected chi connectivity index (χ2v) is 7.03. The number of hydrogen-bond donors (Lipinski definition) is 3. The SMILES string of the molecule is CC(C)(C)OC(=O)N[C@@H]1CC[C@H](O)[C@@H](N2CCOCC2)[C@@H]1O. The Kier molecular flexibility index (Phi) is 5.65. The van der Waals surface area contributed by atoms with E-state index in [4.69, 9.17) is 9.47 Å². The number of morpholine rings is 1. The molecule has 0 bridgehead atoms. The standard InChI is InChI=1S/C15H28N2O5/c1-15(2,3)22-14(20)16-10-4-5-11(18)12(13(10)19)17-6-8-21-9-7-17/h10-13,18-19H,4-9H2,1-3H3,(H,16,20)/t10-,11+,12-,13-/m1/s1. The van der Waals surface area contributed by atoms with Crippen LogP contribution in [0.15, 0.2) is 0 Å². The summed E-state index contributed by atoms with van der Waals surface area (Å²) in [7, 11) is 0. The van der Waals surface area contributed by atoms with Gasteiger partial charge in [0.15, 0.2) is 0 Å². The molecule has 0 aromatic carbocycles. The third kappa shape index (κ3) is 4.55. The van der Waals surface area contributed by atoms with Crippen molar-refractivity contribution in [3.63, 3.8) is 0 Å². The lowest BCUT2D eigenvalue weighted by molar-refractivity contribution is -0.0961. The Morgan fingerprint density at radius 1 is 1.23 bits per heavy atom. The minimum absolute atomic E-state index is 0.377. The van der Waals surface area contributed by atoms with E-state index in [9.17, 15) is 15.0 Å². The van der Waals surface area contributed by atoms with E-state index >= 15 is 0 Å². The molecule has 4 atom stereocenters. The number of rotatable bonds is 2. The summed E-state index contributed by atoms with van der Waals surface area (Å²) in [6.45, 7) is 7.94.